The Morgan fingerprint density at radius 2 is 1.49 bits per heavy atom. The number of thiocarbonyl (C=S) groups is 1. The standard InChI is InChI=1S/C33H36N6O5S/c34-26(17-22-10-14-25(40)15-11-22)33(44)39-16-4-7-29(39)32(43)38-28(19-23-8-12-24(13-9-23)36-20-45)31(42)37-27(30(35)41)18-21-5-2-1-3-6-21/h1-3,5-6,8-15,26-29,40H,4,7,16-19,34H2,(H2,35,41)(H,37,42)(H,38,43)/t26-,27-,28-,29-/m0/s1. The van der Waals surface area contributed by atoms with Gasteiger partial charge in [0, 0.05) is 19.4 Å². The Morgan fingerprint density at radius 3 is 2.13 bits per heavy atom. The second-order valence-corrected chi connectivity index (χ2v) is 11.1. The van der Waals surface area contributed by atoms with E-state index in [0.29, 0.717) is 30.6 Å². The lowest BCUT2D eigenvalue weighted by molar-refractivity contribution is -0.140. The van der Waals surface area contributed by atoms with Crippen LogP contribution in [-0.4, -0.2) is 69.5 Å². The number of nitrogens with two attached hydrogens (primary N) is 2. The summed E-state index contributed by atoms with van der Waals surface area (Å²) in [6.07, 6.45) is 1.50. The van der Waals surface area contributed by atoms with Crippen molar-refractivity contribution in [3.05, 3.63) is 95.6 Å². The van der Waals surface area contributed by atoms with Gasteiger partial charge in [0.2, 0.25) is 23.6 Å². The predicted molar refractivity (Wildman–Crippen MR) is 173 cm³/mol. The van der Waals surface area contributed by atoms with E-state index in [2.05, 4.69) is 33.0 Å². The first-order valence-electron chi connectivity index (χ1n) is 14.6. The Hall–Kier alpha value is -4.90. The maximum atomic E-state index is 13.7. The summed E-state index contributed by atoms with van der Waals surface area (Å²) in [5.74, 6) is -2.08. The van der Waals surface area contributed by atoms with Crippen LogP contribution in [0.2, 0.25) is 0 Å². The Morgan fingerprint density at radius 1 is 0.889 bits per heavy atom. The lowest BCUT2D eigenvalue weighted by atomic mass is 10.0. The molecule has 11 nitrogen and oxygen atoms in total. The fourth-order valence-electron chi connectivity index (χ4n) is 5.31. The van der Waals surface area contributed by atoms with E-state index in [0.717, 1.165) is 11.1 Å². The third-order valence-corrected chi connectivity index (χ3v) is 7.77. The number of carbonyl (C=O) groups is 4. The third kappa shape index (κ3) is 9.29. The monoisotopic (exact) mass is 628 g/mol. The van der Waals surface area contributed by atoms with Gasteiger partial charge >= 0.3 is 0 Å². The molecule has 7 N–H and O–H groups in total. The second-order valence-electron chi connectivity index (χ2n) is 11.0. The summed E-state index contributed by atoms with van der Waals surface area (Å²) in [5.41, 5.74) is 14.8. The van der Waals surface area contributed by atoms with Crippen LogP contribution in [0.5, 0.6) is 5.75 Å². The SMILES string of the molecule is NC(=O)[C@H](Cc1ccccc1)NC(=O)[C@H](Cc1ccc(N=C=S)cc1)NC(=O)[C@@H]1CCCN1C(=O)[C@@H](N)Cc1ccc(O)cc1. The fourth-order valence-corrected chi connectivity index (χ4v) is 5.41. The molecule has 1 heterocycles. The van der Waals surface area contributed by atoms with Crippen molar-refractivity contribution < 1.29 is 24.3 Å². The number of nitrogens with zero attached hydrogens (tertiary/aromatic N) is 2. The van der Waals surface area contributed by atoms with Gasteiger partial charge in [-0.3, -0.25) is 19.2 Å². The number of aliphatic imine (C=N–C) groups is 1. The molecule has 0 spiro atoms. The molecule has 0 radical (unpaired) electrons. The van der Waals surface area contributed by atoms with Gasteiger partial charge in [-0.2, -0.15) is 4.99 Å². The highest BCUT2D eigenvalue weighted by Crippen LogP contribution is 2.21. The molecule has 45 heavy (non-hydrogen) atoms. The highest BCUT2D eigenvalue weighted by Gasteiger charge is 2.38. The number of phenolic OH excluding ortho intramolecular Hbond substituents is 1. The van der Waals surface area contributed by atoms with Gasteiger partial charge in [-0.05, 0) is 72.4 Å². The lowest BCUT2D eigenvalue weighted by Gasteiger charge is -2.29. The Labute approximate surface area is 266 Å². The maximum Gasteiger partial charge on any atom is 0.243 e. The molecule has 1 aliphatic rings. The van der Waals surface area contributed by atoms with Crippen LogP contribution in [0.3, 0.4) is 0 Å². The van der Waals surface area contributed by atoms with E-state index < -0.39 is 41.9 Å². The van der Waals surface area contributed by atoms with Gasteiger partial charge < -0.3 is 32.1 Å². The Bertz CT molecular complexity index is 1540. The molecule has 0 unspecified atom stereocenters. The van der Waals surface area contributed by atoms with Gasteiger partial charge in [0.25, 0.3) is 0 Å². The smallest absolute Gasteiger partial charge is 0.243 e. The van der Waals surface area contributed by atoms with E-state index in [1.165, 1.54) is 17.0 Å². The summed E-state index contributed by atoms with van der Waals surface area (Å²) in [7, 11) is 0. The van der Waals surface area contributed by atoms with Gasteiger partial charge in [-0.25, -0.2) is 0 Å². The number of amides is 4. The summed E-state index contributed by atoms with van der Waals surface area (Å²) in [4.78, 5) is 58.3. The molecule has 0 aromatic heterocycles. The Kier molecular flexibility index (Phi) is 11.5. The molecular formula is C33H36N6O5S. The molecule has 12 heteroatoms. The molecule has 0 saturated carbocycles. The highest BCUT2D eigenvalue weighted by atomic mass is 32.1. The van der Waals surface area contributed by atoms with E-state index in [1.807, 2.05) is 30.3 Å². The molecule has 0 bridgehead atoms. The van der Waals surface area contributed by atoms with Crippen LogP contribution < -0.4 is 22.1 Å². The third-order valence-electron chi connectivity index (χ3n) is 7.67. The van der Waals surface area contributed by atoms with E-state index >= 15 is 0 Å². The van der Waals surface area contributed by atoms with Crippen molar-refractivity contribution in [2.75, 3.05) is 6.54 Å². The molecule has 1 fully saturated rings. The van der Waals surface area contributed by atoms with Crippen LogP contribution in [0.1, 0.15) is 29.5 Å². The Balaban J connectivity index is 1.50. The van der Waals surface area contributed by atoms with Crippen LogP contribution in [0.25, 0.3) is 0 Å². The number of benzene rings is 3. The van der Waals surface area contributed by atoms with Crippen molar-refractivity contribution in [3.63, 3.8) is 0 Å². The van der Waals surface area contributed by atoms with Gasteiger partial charge in [0.15, 0.2) is 0 Å². The molecule has 0 aliphatic carbocycles. The average molecular weight is 629 g/mol. The molecule has 1 saturated heterocycles. The molecule has 4 atom stereocenters. The molecule has 4 amide bonds. The minimum atomic E-state index is -1.08. The molecule has 3 aromatic carbocycles. The predicted octanol–water partition coefficient (Wildman–Crippen LogP) is 1.93. The normalized spacial score (nSPS) is 16.1. The maximum absolute atomic E-state index is 13.7. The van der Waals surface area contributed by atoms with Crippen LogP contribution in [-0.2, 0) is 38.4 Å². The van der Waals surface area contributed by atoms with Crippen LogP contribution >= 0.6 is 12.2 Å². The van der Waals surface area contributed by atoms with Crippen molar-refractivity contribution in [1.29, 1.82) is 0 Å². The molecule has 1 aliphatic heterocycles. The summed E-state index contributed by atoms with van der Waals surface area (Å²) in [6, 6.07) is 18.6. The number of carbonyl (C=O) groups excluding carboxylic acids is 4. The van der Waals surface area contributed by atoms with Crippen molar-refractivity contribution >= 4 is 46.7 Å². The van der Waals surface area contributed by atoms with Gasteiger partial charge in [-0.15, -0.1) is 0 Å². The van der Waals surface area contributed by atoms with Gasteiger partial charge in [0.1, 0.15) is 23.9 Å². The number of rotatable bonds is 13. The molecule has 3 aromatic rings. The largest absolute Gasteiger partial charge is 0.508 e. The van der Waals surface area contributed by atoms with Gasteiger partial charge in [0.05, 0.1) is 16.9 Å². The van der Waals surface area contributed by atoms with E-state index in [1.54, 1.807) is 36.4 Å². The minimum absolute atomic E-state index is 0.0943. The number of nitrogens with one attached hydrogen (secondary N) is 2. The molecule has 4 rings (SSSR count). The highest BCUT2D eigenvalue weighted by molar-refractivity contribution is 7.78. The van der Waals surface area contributed by atoms with Crippen molar-refractivity contribution in [3.8, 4) is 5.75 Å². The summed E-state index contributed by atoms with van der Waals surface area (Å²) in [6.45, 7) is 0.347. The summed E-state index contributed by atoms with van der Waals surface area (Å²) >= 11 is 4.66. The number of phenols is 1. The van der Waals surface area contributed by atoms with Crippen LogP contribution in [0.15, 0.2) is 83.9 Å². The number of hydrogen-bond acceptors (Lipinski definition) is 8. The summed E-state index contributed by atoms with van der Waals surface area (Å²) < 4.78 is 0. The lowest BCUT2D eigenvalue weighted by Crippen LogP contribution is -2.58. The quantitative estimate of drug-likeness (QED) is 0.142. The van der Waals surface area contributed by atoms with Gasteiger partial charge in [-0.1, -0.05) is 54.6 Å². The van der Waals surface area contributed by atoms with Crippen molar-refractivity contribution in [2.24, 2.45) is 16.5 Å². The van der Waals surface area contributed by atoms with Crippen LogP contribution in [0, 0.1) is 0 Å². The average Bonchev–Trinajstić information content (AvgIpc) is 3.53. The summed E-state index contributed by atoms with van der Waals surface area (Å²) in [5, 5.41) is 17.4. The zero-order chi connectivity index (χ0) is 32.3. The first-order chi connectivity index (χ1) is 21.6. The number of aromatic hydroxyl groups is 1. The first kappa shape index (κ1) is 33.0. The molecular weight excluding hydrogens is 592 g/mol. The van der Waals surface area contributed by atoms with E-state index in [-0.39, 0.29) is 30.9 Å². The number of hydrogen-bond donors (Lipinski definition) is 5. The fraction of sp³-hybridized carbons (Fsp3) is 0.303. The van der Waals surface area contributed by atoms with Crippen molar-refractivity contribution in [2.45, 2.75) is 56.3 Å². The van der Waals surface area contributed by atoms with Crippen LogP contribution in [0.4, 0.5) is 5.69 Å². The topological polar surface area (TPSA) is 180 Å². The van der Waals surface area contributed by atoms with E-state index in [4.69, 9.17) is 11.5 Å². The zero-order valence-corrected chi connectivity index (χ0v) is 25.4. The number of primary amides is 1. The number of isothiocyanates is 1. The molecule has 234 valence electrons. The number of likely N-dealkylation sites (tertiary alicyclic amines) is 1. The first-order valence-corrected chi connectivity index (χ1v) is 15.0. The minimum Gasteiger partial charge on any atom is -0.508 e. The zero-order valence-electron chi connectivity index (χ0n) is 24.6. The van der Waals surface area contributed by atoms with Crippen molar-refractivity contribution in [1.82, 2.24) is 15.5 Å². The van der Waals surface area contributed by atoms with E-state index in [9.17, 15) is 24.3 Å². The second kappa shape index (κ2) is 15.7.